The molecule has 1 N–H and O–H groups in total. The van der Waals surface area contributed by atoms with Crippen LogP contribution in [0.25, 0.3) is 0 Å². The van der Waals surface area contributed by atoms with E-state index in [2.05, 4.69) is 0 Å². The van der Waals surface area contributed by atoms with Crippen molar-refractivity contribution in [2.75, 3.05) is 26.8 Å². The first-order valence-electron chi connectivity index (χ1n) is 11.5. The summed E-state index contributed by atoms with van der Waals surface area (Å²) in [7, 11) is 1.62. The fraction of sp³-hybridized carbons (Fsp3) is 0.519. The average Bonchev–Trinajstić information content (AvgIpc) is 3.12. The molecule has 0 radical (unpaired) electrons. The number of aliphatic hydroxyl groups is 1. The van der Waals surface area contributed by atoms with Crippen LogP contribution in [-0.4, -0.2) is 54.4 Å². The van der Waals surface area contributed by atoms with Crippen LogP contribution in [0.15, 0.2) is 48.5 Å². The van der Waals surface area contributed by atoms with Crippen molar-refractivity contribution in [1.82, 2.24) is 4.90 Å². The molecule has 0 aliphatic carbocycles. The van der Waals surface area contributed by atoms with Crippen molar-refractivity contribution in [2.24, 2.45) is 5.41 Å². The Balaban J connectivity index is 1.77. The zero-order valence-corrected chi connectivity index (χ0v) is 20.6. The lowest BCUT2D eigenvalue weighted by molar-refractivity contribution is -0.136. The van der Waals surface area contributed by atoms with E-state index >= 15 is 0 Å². The van der Waals surface area contributed by atoms with Gasteiger partial charge in [0.15, 0.2) is 11.5 Å². The standard InChI is InChI=1S/C27H37NO5/c1-19(29)27(5)18-28(25(30)17-32-16-20-10-8-7-9-11-20)15-22(27)21-12-13-23(31-6)24(14-21)33-26(2,3)4/h7-14,19,22,29H,15-18H2,1-6H3/t19-,22?,27-/m1/s1. The zero-order valence-electron chi connectivity index (χ0n) is 20.6. The van der Waals surface area contributed by atoms with Crippen LogP contribution in [0.5, 0.6) is 11.5 Å². The van der Waals surface area contributed by atoms with Gasteiger partial charge in [-0.25, -0.2) is 0 Å². The summed E-state index contributed by atoms with van der Waals surface area (Å²) in [6, 6.07) is 15.7. The summed E-state index contributed by atoms with van der Waals surface area (Å²) in [6.07, 6.45) is -0.598. The van der Waals surface area contributed by atoms with E-state index in [0.717, 1.165) is 11.1 Å². The van der Waals surface area contributed by atoms with Gasteiger partial charge in [0.05, 0.1) is 19.8 Å². The molecule has 2 aromatic rings. The maximum absolute atomic E-state index is 13.0. The molecule has 3 rings (SSSR count). The highest BCUT2D eigenvalue weighted by molar-refractivity contribution is 5.78. The second-order valence-corrected chi connectivity index (χ2v) is 10.1. The van der Waals surface area contributed by atoms with Crippen LogP contribution in [0.4, 0.5) is 0 Å². The maximum Gasteiger partial charge on any atom is 0.248 e. The van der Waals surface area contributed by atoms with Crippen LogP contribution >= 0.6 is 0 Å². The number of methoxy groups -OCH3 is 1. The monoisotopic (exact) mass is 455 g/mol. The number of carbonyl (C=O) groups is 1. The minimum atomic E-state index is -0.598. The topological polar surface area (TPSA) is 68.2 Å². The Morgan fingerprint density at radius 2 is 1.88 bits per heavy atom. The molecule has 0 spiro atoms. The minimum Gasteiger partial charge on any atom is -0.493 e. The summed E-state index contributed by atoms with van der Waals surface area (Å²) in [5.74, 6) is 1.20. The van der Waals surface area contributed by atoms with E-state index < -0.39 is 11.5 Å². The lowest BCUT2D eigenvalue weighted by Crippen LogP contribution is -2.38. The van der Waals surface area contributed by atoms with Crippen LogP contribution in [0.1, 0.15) is 51.7 Å². The van der Waals surface area contributed by atoms with Gasteiger partial charge in [-0.05, 0) is 51.0 Å². The second kappa shape index (κ2) is 10.1. The molecule has 1 amide bonds. The van der Waals surface area contributed by atoms with Crippen molar-refractivity contribution >= 4 is 5.91 Å². The molecule has 6 nitrogen and oxygen atoms in total. The Bertz CT molecular complexity index is 937. The Morgan fingerprint density at radius 1 is 1.18 bits per heavy atom. The lowest BCUT2D eigenvalue weighted by atomic mass is 9.72. The fourth-order valence-electron chi connectivity index (χ4n) is 4.36. The van der Waals surface area contributed by atoms with Crippen LogP contribution in [-0.2, 0) is 16.1 Å². The number of hydrogen-bond donors (Lipinski definition) is 1. The van der Waals surface area contributed by atoms with Gasteiger partial charge in [0.1, 0.15) is 12.2 Å². The minimum absolute atomic E-state index is 0.0124. The zero-order chi connectivity index (χ0) is 24.2. The molecule has 1 unspecified atom stereocenters. The molecule has 0 saturated carbocycles. The van der Waals surface area contributed by atoms with Crippen LogP contribution in [0.2, 0.25) is 0 Å². The van der Waals surface area contributed by atoms with Gasteiger partial charge in [-0.15, -0.1) is 0 Å². The first-order chi connectivity index (χ1) is 15.5. The van der Waals surface area contributed by atoms with Gasteiger partial charge in [0.2, 0.25) is 5.91 Å². The van der Waals surface area contributed by atoms with Crippen LogP contribution in [0.3, 0.4) is 0 Å². The molecule has 0 bridgehead atoms. The summed E-state index contributed by atoms with van der Waals surface area (Å²) >= 11 is 0. The third-order valence-corrected chi connectivity index (χ3v) is 6.38. The van der Waals surface area contributed by atoms with Crippen LogP contribution < -0.4 is 9.47 Å². The van der Waals surface area contributed by atoms with E-state index in [1.165, 1.54) is 0 Å². The fourth-order valence-corrected chi connectivity index (χ4v) is 4.36. The number of likely N-dealkylation sites (tertiary alicyclic amines) is 1. The molecule has 0 aromatic heterocycles. The van der Waals surface area contributed by atoms with Crippen molar-refractivity contribution in [3.63, 3.8) is 0 Å². The number of amides is 1. The number of aliphatic hydroxyl groups excluding tert-OH is 1. The van der Waals surface area contributed by atoms with Crippen molar-refractivity contribution in [1.29, 1.82) is 0 Å². The quantitative estimate of drug-likeness (QED) is 0.639. The van der Waals surface area contributed by atoms with Crippen molar-refractivity contribution in [3.05, 3.63) is 59.7 Å². The average molecular weight is 456 g/mol. The molecule has 1 saturated heterocycles. The van der Waals surface area contributed by atoms with E-state index in [-0.39, 0.29) is 24.0 Å². The summed E-state index contributed by atoms with van der Waals surface area (Å²) < 4.78 is 17.3. The third kappa shape index (κ3) is 6.06. The van der Waals surface area contributed by atoms with E-state index in [4.69, 9.17) is 14.2 Å². The molecule has 3 atom stereocenters. The van der Waals surface area contributed by atoms with Crippen molar-refractivity contribution < 1.29 is 24.1 Å². The molecule has 33 heavy (non-hydrogen) atoms. The number of benzene rings is 2. The molecule has 2 aromatic carbocycles. The van der Waals surface area contributed by atoms with E-state index in [1.54, 1.807) is 18.9 Å². The number of carbonyl (C=O) groups excluding carboxylic acids is 1. The Morgan fingerprint density at radius 3 is 2.48 bits per heavy atom. The SMILES string of the molecule is COc1ccc(C2CN(C(=O)COCc3ccccc3)C[C@]2(C)[C@@H](C)O)cc1OC(C)(C)C. The molecule has 1 fully saturated rings. The highest BCUT2D eigenvalue weighted by atomic mass is 16.5. The highest BCUT2D eigenvalue weighted by Crippen LogP contribution is 2.47. The van der Waals surface area contributed by atoms with Gasteiger partial charge in [0, 0.05) is 24.4 Å². The Kier molecular flexibility index (Phi) is 7.70. The molecular weight excluding hydrogens is 418 g/mol. The molecule has 6 heteroatoms. The van der Waals surface area contributed by atoms with Crippen molar-refractivity contribution in [2.45, 2.75) is 58.8 Å². The molecular formula is C27H37NO5. The normalized spacial score (nSPS) is 21.7. The Hall–Kier alpha value is -2.57. The first-order valence-corrected chi connectivity index (χ1v) is 11.5. The van der Waals surface area contributed by atoms with Crippen molar-refractivity contribution in [3.8, 4) is 11.5 Å². The van der Waals surface area contributed by atoms with Gasteiger partial charge in [-0.3, -0.25) is 4.79 Å². The van der Waals surface area contributed by atoms with E-state index in [0.29, 0.717) is 31.2 Å². The highest BCUT2D eigenvalue weighted by Gasteiger charge is 2.48. The van der Waals surface area contributed by atoms with E-state index in [9.17, 15) is 9.90 Å². The Labute approximate surface area is 197 Å². The predicted octanol–water partition coefficient (Wildman–Crippen LogP) is 4.40. The molecule has 180 valence electrons. The van der Waals surface area contributed by atoms with Gasteiger partial charge in [-0.2, -0.15) is 0 Å². The molecule has 1 aliphatic heterocycles. The maximum atomic E-state index is 13.0. The van der Waals surface area contributed by atoms with Crippen LogP contribution in [0, 0.1) is 5.41 Å². The van der Waals surface area contributed by atoms with Gasteiger partial charge in [-0.1, -0.05) is 43.3 Å². The number of hydrogen-bond acceptors (Lipinski definition) is 5. The third-order valence-electron chi connectivity index (χ3n) is 6.38. The summed E-state index contributed by atoms with van der Waals surface area (Å²) in [5, 5.41) is 10.7. The number of rotatable bonds is 8. The molecule has 1 heterocycles. The largest absolute Gasteiger partial charge is 0.493 e. The van der Waals surface area contributed by atoms with Gasteiger partial charge >= 0.3 is 0 Å². The first kappa shape index (κ1) is 25.1. The van der Waals surface area contributed by atoms with E-state index in [1.807, 2.05) is 76.2 Å². The summed E-state index contributed by atoms with van der Waals surface area (Å²) in [5.41, 5.74) is 1.16. The summed E-state index contributed by atoms with van der Waals surface area (Å²) in [4.78, 5) is 14.8. The number of nitrogens with zero attached hydrogens (tertiary/aromatic N) is 1. The lowest BCUT2D eigenvalue weighted by Gasteiger charge is -2.34. The smallest absolute Gasteiger partial charge is 0.248 e. The molecule has 1 aliphatic rings. The van der Waals surface area contributed by atoms with Gasteiger partial charge in [0.25, 0.3) is 0 Å². The predicted molar refractivity (Wildman–Crippen MR) is 129 cm³/mol. The second-order valence-electron chi connectivity index (χ2n) is 10.1. The van der Waals surface area contributed by atoms with Gasteiger partial charge < -0.3 is 24.2 Å². The summed E-state index contributed by atoms with van der Waals surface area (Å²) in [6.45, 7) is 11.2. The number of ether oxygens (including phenoxy) is 3.